The third kappa shape index (κ3) is 4.44. The summed E-state index contributed by atoms with van der Waals surface area (Å²) in [5.74, 6) is 0.786. The van der Waals surface area contributed by atoms with Gasteiger partial charge in [-0.3, -0.25) is 4.79 Å². The predicted octanol–water partition coefficient (Wildman–Crippen LogP) is 1.60. The summed E-state index contributed by atoms with van der Waals surface area (Å²) in [7, 11) is -2.86. The first-order valence-electron chi connectivity index (χ1n) is 8.49. The van der Waals surface area contributed by atoms with Crippen molar-refractivity contribution in [3.63, 3.8) is 0 Å². The van der Waals surface area contributed by atoms with Gasteiger partial charge in [0.15, 0.2) is 0 Å². The number of carbonyl (C=O) groups excluding carboxylic acids is 1. The number of aliphatic hydroxyl groups excluding tert-OH is 1. The van der Waals surface area contributed by atoms with Crippen LogP contribution in [0.15, 0.2) is 0 Å². The first-order valence-corrected chi connectivity index (χ1v) is 10.3. The van der Waals surface area contributed by atoms with Gasteiger partial charge in [0.25, 0.3) is 0 Å². The largest absolute Gasteiger partial charge is 0.396 e. The van der Waals surface area contributed by atoms with Crippen molar-refractivity contribution in [3.8, 4) is 0 Å². The molecule has 0 aromatic carbocycles. The zero-order valence-electron chi connectivity index (χ0n) is 13.6. The fourth-order valence-electron chi connectivity index (χ4n) is 3.88. The Balaban J connectivity index is 1.89. The Morgan fingerprint density at radius 3 is 2.59 bits per heavy atom. The van der Waals surface area contributed by atoms with Gasteiger partial charge < -0.3 is 10.0 Å². The summed E-state index contributed by atoms with van der Waals surface area (Å²) in [6.45, 7) is 3.68. The molecule has 128 valence electrons. The minimum Gasteiger partial charge on any atom is -0.396 e. The van der Waals surface area contributed by atoms with E-state index in [1.54, 1.807) is 0 Å². The first kappa shape index (κ1) is 17.7. The number of aliphatic hydroxyl groups is 1. The van der Waals surface area contributed by atoms with Crippen LogP contribution < -0.4 is 0 Å². The molecule has 0 radical (unpaired) electrons. The predicted molar refractivity (Wildman–Crippen MR) is 86.2 cm³/mol. The molecule has 1 N–H and O–H groups in total. The number of carbonyl (C=O) groups is 1. The van der Waals surface area contributed by atoms with Gasteiger partial charge in [0.1, 0.15) is 9.84 Å². The molecule has 0 aromatic rings. The summed E-state index contributed by atoms with van der Waals surface area (Å²) in [6, 6.07) is 0. The molecule has 6 heteroatoms. The van der Waals surface area contributed by atoms with Gasteiger partial charge in [0.05, 0.1) is 18.1 Å². The molecule has 2 heterocycles. The summed E-state index contributed by atoms with van der Waals surface area (Å²) in [5, 5.41) is 9.75. The van der Waals surface area contributed by atoms with Crippen LogP contribution in [0.5, 0.6) is 0 Å². The minimum absolute atomic E-state index is 0.126. The molecule has 0 unspecified atom stereocenters. The van der Waals surface area contributed by atoms with E-state index in [9.17, 15) is 18.3 Å². The second kappa shape index (κ2) is 7.30. The molecule has 5 nitrogen and oxygen atoms in total. The van der Waals surface area contributed by atoms with Crippen LogP contribution in [0.3, 0.4) is 0 Å². The van der Waals surface area contributed by atoms with E-state index in [2.05, 4.69) is 6.92 Å². The van der Waals surface area contributed by atoms with E-state index in [4.69, 9.17) is 0 Å². The van der Waals surface area contributed by atoms with Crippen molar-refractivity contribution >= 4 is 15.7 Å². The minimum atomic E-state index is -2.86. The smallest absolute Gasteiger partial charge is 0.222 e. The van der Waals surface area contributed by atoms with Crippen LogP contribution in [0, 0.1) is 11.3 Å². The van der Waals surface area contributed by atoms with Crippen molar-refractivity contribution < 1.29 is 18.3 Å². The zero-order valence-corrected chi connectivity index (χ0v) is 14.4. The van der Waals surface area contributed by atoms with Crippen LogP contribution in [0.2, 0.25) is 0 Å². The Morgan fingerprint density at radius 1 is 1.32 bits per heavy atom. The van der Waals surface area contributed by atoms with Gasteiger partial charge in [-0.05, 0) is 38.0 Å². The molecular weight excluding hydrogens is 302 g/mol. The van der Waals surface area contributed by atoms with Gasteiger partial charge in [-0.25, -0.2) is 8.42 Å². The van der Waals surface area contributed by atoms with Crippen LogP contribution in [0.4, 0.5) is 0 Å². The molecular formula is C16H29NO4S. The van der Waals surface area contributed by atoms with Crippen molar-refractivity contribution in [2.75, 3.05) is 31.2 Å². The van der Waals surface area contributed by atoms with Crippen LogP contribution in [0.1, 0.15) is 51.9 Å². The fourth-order valence-corrected chi connectivity index (χ4v) is 5.47. The molecule has 2 saturated heterocycles. The molecule has 1 amide bonds. The number of likely N-dealkylation sites (tertiary alicyclic amines) is 1. The molecule has 22 heavy (non-hydrogen) atoms. The lowest BCUT2D eigenvalue weighted by Gasteiger charge is -2.42. The molecule has 0 saturated carbocycles. The number of hydrogen-bond donors (Lipinski definition) is 1. The maximum atomic E-state index is 12.5. The molecule has 0 aliphatic carbocycles. The summed E-state index contributed by atoms with van der Waals surface area (Å²) in [4.78, 5) is 14.4. The summed E-state index contributed by atoms with van der Waals surface area (Å²) >= 11 is 0. The van der Waals surface area contributed by atoms with Crippen LogP contribution in [-0.2, 0) is 14.6 Å². The van der Waals surface area contributed by atoms with E-state index >= 15 is 0 Å². The van der Waals surface area contributed by atoms with E-state index in [1.165, 1.54) is 0 Å². The highest BCUT2D eigenvalue weighted by Crippen LogP contribution is 2.35. The van der Waals surface area contributed by atoms with Gasteiger partial charge in [-0.1, -0.05) is 13.3 Å². The molecule has 2 aliphatic rings. The Labute approximate surface area is 134 Å². The van der Waals surface area contributed by atoms with Crippen LogP contribution in [0.25, 0.3) is 0 Å². The lowest BCUT2D eigenvalue weighted by molar-refractivity contribution is -0.136. The monoisotopic (exact) mass is 331 g/mol. The highest BCUT2D eigenvalue weighted by Gasteiger charge is 2.36. The zero-order chi connectivity index (χ0) is 16.2. The number of sulfone groups is 1. The molecule has 0 spiro atoms. The molecule has 2 fully saturated rings. The molecule has 0 bridgehead atoms. The third-order valence-electron chi connectivity index (χ3n) is 5.27. The number of amides is 1. The maximum Gasteiger partial charge on any atom is 0.222 e. The van der Waals surface area contributed by atoms with Gasteiger partial charge >= 0.3 is 0 Å². The van der Waals surface area contributed by atoms with Crippen molar-refractivity contribution in [2.45, 2.75) is 51.9 Å². The van der Waals surface area contributed by atoms with E-state index in [-0.39, 0.29) is 35.4 Å². The lowest BCUT2D eigenvalue weighted by Crippen LogP contribution is -2.48. The van der Waals surface area contributed by atoms with Crippen molar-refractivity contribution in [2.24, 2.45) is 11.3 Å². The van der Waals surface area contributed by atoms with Crippen LogP contribution >= 0.6 is 0 Å². The number of nitrogens with zero attached hydrogens (tertiary/aromatic N) is 1. The Kier molecular flexibility index (Phi) is 5.88. The highest BCUT2D eigenvalue weighted by molar-refractivity contribution is 7.91. The number of rotatable bonds is 5. The Bertz CT molecular complexity index is 472. The van der Waals surface area contributed by atoms with Gasteiger partial charge in [-0.15, -0.1) is 0 Å². The van der Waals surface area contributed by atoms with E-state index < -0.39 is 9.84 Å². The summed E-state index contributed by atoms with van der Waals surface area (Å²) in [6.07, 6.45) is 5.60. The molecule has 2 rings (SSSR count). The van der Waals surface area contributed by atoms with E-state index in [0.29, 0.717) is 25.8 Å². The van der Waals surface area contributed by atoms with E-state index in [0.717, 1.165) is 32.2 Å². The molecule has 0 aromatic heterocycles. The third-order valence-corrected chi connectivity index (χ3v) is 6.98. The standard InChI is InChI=1S/C16H29NO4S/c1-2-6-16(13-18)7-3-8-17(12-16)15(19)11-14-4-9-22(20,21)10-5-14/h14,18H,2-13H2,1H3/t16-/m1/s1. The maximum absolute atomic E-state index is 12.5. The first-order chi connectivity index (χ1) is 10.4. The van der Waals surface area contributed by atoms with Crippen molar-refractivity contribution in [1.82, 2.24) is 4.90 Å². The second-order valence-corrected chi connectivity index (χ2v) is 9.43. The molecule has 1 atom stereocenters. The number of hydrogen-bond acceptors (Lipinski definition) is 4. The highest BCUT2D eigenvalue weighted by atomic mass is 32.2. The Hall–Kier alpha value is -0.620. The average molecular weight is 331 g/mol. The lowest BCUT2D eigenvalue weighted by atomic mass is 9.77. The van der Waals surface area contributed by atoms with Crippen molar-refractivity contribution in [3.05, 3.63) is 0 Å². The van der Waals surface area contributed by atoms with E-state index in [1.807, 2.05) is 4.90 Å². The van der Waals surface area contributed by atoms with Crippen LogP contribution in [-0.4, -0.2) is 55.5 Å². The summed E-state index contributed by atoms with van der Waals surface area (Å²) in [5.41, 5.74) is -0.126. The SMILES string of the molecule is CCC[C@@]1(CO)CCCN(C(=O)CC2CCS(=O)(=O)CC2)C1. The van der Waals surface area contributed by atoms with Crippen molar-refractivity contribution in [1.29, 1.82) is 0 Å². The summed E-state index contributed by atoms with van der Waals surface area (Å²) < 4.78 is 22.9. The van der Waals surface area contributed by atoms with Gasteiger partial charge in [-0.2, -0.15) is 0 Å². The second-order valence-electron chi connectivity index (χ2n) is 7.13. The topological polar surface area (TPSA) is 74.7 Å². The molecule has 2 aliphatic heterocycles. The number of piperidine rings is 1. The quantitative estimate of drug-likeness (QED) is 0.830. The average Bonchev–Trinajstić information content (AvgIpc) is 2.50. The normalized spacial score (nSPS) is 29.5. The van der Waals surface area contributed by atoms with Gasteiger partial charge in [0, 0.05) is 24.9 Å². The Morgan fingerprint density at radius 2 is 2.00 bits per heavy atom. The fraction of sp³-hybridized carbons (Fsp3) is 0.938. The van der Waals surface area contributed by atoms with Gasteiger partial charge in [0.2, 0.25) is 5.91 Å².